The Morgan fingerprint density at radius 3 is 2.53 bits per heavy atom. The van der Waals surface area contributed by atoms with E-state index < -0.39 is 0 Å². The average Bonchev–Trinajstić information content (AvgIpc) is 2.46. The van der Waals surface area contributed by atoms with Crippen molar-refractivity contribution in [3.05, 3.63) is 46.4 Å². The lowest BCUT2D eigenvalue weighted by molar-refractivity contribution is 0.300. The lowest BCUT2D eigenvalue weighted by Crippen LogP contribution is -1.98. The summed E-state index contributed by atoms with van der Waals surface area (Å²) in [5, 5.41) is 9.09. The van der Waals surface area contributed by atoms with E-state index in [1.807, 2.05) is 24.3 Å². The first-order valence-corrected chi connectivity index (χ1v) is 7.89. The Morgan fingerprint density at radius 1 is 1.11 bits per heavy atom. The van der Waals surface area contributed by atoms with Gasteiger partial charge < -0.3 is 4.74 Å². The van der Waals surface area contributed by atoms with Crippen molar-refractivity contribution in [1.82, 2.24) is 10.2 Å². The Morgan fingerprint density at radius 2 is 1.89 bits per heavy atom. The van der Waals surface area contributed by atoms with Gasteiger partial charge in [0.2, 0.25) is 5.88 Å². The highest BCUT2D eigenvalue weighted by molar-refractivity contribution is 9.10. The number of benzene rings is 1. The van der Waals surface area contributed by atoms with Crippen molar-refractivity contribution in [3.63, 3.8) is 0 Å². The van der Waals surface area contributed by atoms with Crippen LogP contribution in [0.3, 0.4) is 0 Å². The molecule has 3 nitrogen and oxygen atoms in total. The monoisotopic (exact) mass is 338 g/mol. The van der Waals surface area contributed by atoms with Gasteiger partial charge in [-0.15, -0.1) is 10.2 Å². The molecule has 2 aromatic rings. The summed E-state index contributed by atoms with van der Waals surface area (Å²) in [5.74, 6) is 1.48. The van der Waals surface area contributed by atoms with Gasteiger partial charge in [0, 0.05) is 16.3 Å². The Bertz CT molecular complexity index is 502. The molecule has 0 fully saturated rings. The van der Waals surface area contributed by atoms with Gasteiger partial charge in [-0.2, -0.15) is 0 Å². The second-order valence-electron chi connectivity index (χ2n) is 3.97. The molecule has 0 aliphatic rings. The predicted molar refractivity (Wildman–Crippen MR) is 81.5 cm³/mol. The van der Waals surface area contributed by atoms with Gasteiger partial charge in [-0.1, -0.05) is 46.7 Å². The molecule has 0 aliphatic carbocycles. The summed E-state index contributed by atoms with van der Waals surface area (Å²) in [6.45, 7) is 2.75. The molecule has 0 spiro atoms. The molecule has 1 aromatic carbocycles. The van der Waals surface area contributed by atoms with Gasteiger partial charge in [0.25, 0.3) is 0 Å². The third kappa shape index (κ3) is 4.84. The third-order valence-corrected chi connectivity index (χ3v) is 3.89. The molecule has 100 valence electrons. The highest BCUT2D eigenvalue weighted by Gasteiger charge is 2.00. The number of hydrogen-bond acceptors (Lipinski definition) is 4. The summed E-state index contributed by atoms with van der Waals surface area (Å²) in [6, 6.07) is 12.1. The number of halogens is 1. The summed E-state index contributed by atoms with van der Waals surface area (Å²) < 4.78 is 6.49. The van der Waals surface area contributed by atoms with E-state index in [2.05, 4.69) is 45.2 Å². The summed E-state index contributed by atoms with van der Waals surface area (Å²) in [7, 11) is 0. The van der Waals surface area contributed by atoms with Gasteiger partial charge in [0.1, 0.15) is 5.03 Å². The topological polar surface area (TPSA) is 35.0 Å². The molecular formula is C14H15BrN2OS. The second kappa shape index (κ2) is 7.50. The Labute approximate surface area is 125 Å². The van der Waals surface area contributed by atoms with Crippen molar-refractivity contribution in [1.29, 1.82) is 0 Å². The number of ether oxygens (including phenoxy) is 1. The highest BCUT2D eigenvalue weighted by Crippen LogP contribution is 2.22. The van der Waals surface area contributed by atoms with Gasteiger partial charge >= 0.3 is 0 Å². The lowest BCUT2D eigenvalue weighted by atomic mass is 10.2. The molecule has 0 aliphatic heterocycles. The molecule has 1 heterocycles. The SMILES string of the molecule is CCCOc1ccc(SCc2ccc(Br)cc2)nn1. The van der Waals surface area contributed by atoms with E-state index in [1.165, 1.54) is 5.56 Å². The van der Waals surface area contributed by atoms with E-state index in [0.717, 1.165) is 21.7 Å². The van der Waals surface area contributed by atoms with E-state index in [-0.39, 0.29) is 0 Å². The first-order chi connectivity index (χ1) is 9.28. The van der Waals surface area contributed by atoms with E-state index in [4.69, 9.17) is 4.74 Å². The summed E-state index contributed by atoms with van der Waals surface area (Å²) >= 11 is 5.09. The zero-order chi connectivity index (χ0) is 13.5. The van der Waals surface area contributed by atoms with E-state index in [9.17, 15) is 0 Å². The quantitative estimate of drug-likeness (QED) is 0.734. The molecule has 0 saturated heterocycles. The number of aromatic nitrogens is 2. The molecule has 0 amide bonds. The normalized spacial score (nSPS) is 10.4. The Kier molecular flexibility index (Phi) is 5.66. The van der Waals surface area contributed by atoms with Crippen LogP contribution in [0.25, 0.3) is 0 Å². The van der Waals surface area contributed by atoms with Crippen molar-refractivity contribution >= 4 is 27.7 Å². The highest BCUT2D eigenvalue weighted by atomic mass is 79.9. The molecule has 1 aromatic heterocycles. The van der Waals surface area contributed by atoms with Crippen LogP contribution in [0.4, 0.5) is 0 Å². The van der Waals surface area contributed by atoms with Crippen LogP contribution in [0.5, 0.6) is 5.88 Å². The van der Waals surface area contributed by atoms with Crippen LogP contribution in [0.15, 0.2) is 45.9 Å². The molecule has 0 atom stereocenters. The van der Waals surface area contributed by atoms with E-state index in [0.29, 0.717) is 12.5 Å². The van der Waals surface area contributed by atoms with Crippen molar-refractivity contribution in [2.45, 2.75) is 24.1 Å². The molecule has 2 rings (SSSR count). The van der Waals surface area contributed by atoms with Gasteiger partial charge in [-0.05, 0) is 30.2 Å². The molecule has 19 heavy (non-hydrogen) atoms. The molecule has 5 heteroatoms. The smallest absolute Gasteiger partial charge is 0.233 e. The van der Waals surface area contributed by atoms with Crippen LogP contribution in [-0.2, 0) is 5.75 Å². The number of rotatable bonds is 6. The fourth-order valence-electron chi connectivity index (χ4n) is 1.41. The minimum absolute atomic E-state index is 0.592. The van der Waals surface area contributed by atoms with Crippen molar-refractivity contribution in [3.8, 4) is 5.88 Å². The van der Waals surface area contributed by atoms with Crippen molar-refractivity contribution in [2.75, 3.05) is 6.61 Å². The molecular weight excluding hydrogens is 324 g/mol. The largest absolute Gasteiger partial charge is 0.477 e. The van der Waals surface area contributed by atoms with Crippen LogP contribution in [-0.4, -0.2) is 16.8 Å². The minimum atomic E-state index is 0.592. The van der Waals surface area contributed by atoms with Crippen molar-refractivity contribution in [2.24, 2.45) is 0 Å². The maximum atomic E-state index is 5.40. The molecule has 0 bridgehead atoms. The summed E-state index contributed by atoms with van der Waals surface area (Å²) in [4.78, 5) is 0. The van der Waals surface area contributed by atoms with Crippen LogP contribution >= 0.6 is 27.7 Å². The molecule has 0 saturated carbocycles. The third-order valence-electron chi connectivity index (χ3n) is 2.37. The zero-order valence-electron chi connectivity index (χ0n) is 10.7. The number of nitrogens with zero attached hydrogens (tertiary/aromatic N) is 2. The summed E-state index contributed by atoms with van der Waals surface area (Å²) in [5.41, 5.74) is 1.27. The predicted octanol–water partition coefficient (Wildman–Crippen LogP) is 4.32. The van der Waals surface area contributed by atoms with Gasteiger partial charge in [-0.3, -0.25) is 0 Å². The fraction of sp³-hybridized carbons (Fsp3) is 0.286. The first-order valence-electron chi connectivity index (χ1n) is 6.11. The maximum Gasteiger partial charge on any atom is 0.233 e. The number of thioether (sulfide) groups is 1. The van der Waals surface area contributed by atoms with Crippen molar-refractivity contribution < 1.29 is 4.74 Å². The van der Waals surface area contributed by atoms with Gasteiger partial charge in [-0.25, -0.2) is 0 Å². The van der Waals surface area contributed by atoms with Crippen LogP contribution in [0, 0.1) is 0 Å². The lowest BCUT2D eigenvalue weighted by Gasteiger charge is -2.04. The van der Waals surface area contributed by atoms with Crippen LogP contribution < -0.4 is 4.74 Å². The zero-order valence-corrected chi connectivity index (χ0v) is 13.1. The minimum Gasteiger partial charge on any atom is -0.477 e. The molecule has 0 radical (unpaired) electrons. The Hall–Kier alpha value is -1.07. The second-order valence-corrected chi connectivity index (χ2v) is 5.88. The Balaban J connectivity index is 1.87. The maximum absolute atomic E-state index is 5.40. The van der Waals surface area contributed by atoms with Crippen LogP contribution in [0.1, 0.15) is 18.9 Å². The molecule has 0 unspecified atom stereocenters. The van der Waals surface area contributed by atoms with E-state index in [1.54, 1.807) is 11.8 Å². The average molecular weight is 339 g/mol. The summed E-state index contributed by atoms with van der Waals surface area (Å²) in [6.07, 6.45) is 0.974. The van der Waals surface area contributed by atoms with Crippen LogP contribution in [0.2, 0.25) is 0 Å². The fourth-order valence-corrected chi connectivity index (χ4v) is 2.44. The van der Waals surface area contributed by atoms with E-state index >= 15 is 0 Å². The first kappa shape index (κ1) is 14.3. The number of hydrogen-bond donors (Lipinski definition) is 0. The van der Waals surface area contributed by atoms with Gasteiger partial charge in [0.05, 0.1) is 6.61 Å². The standard InChI is InChI=1S/C14H15BrN2OS/c1-2-9-18-13-7-8-14(17-16-13)19-10-11-3-5-12(15)6-4-11/h3-8H,2,9-10H2,1H3. The molecule has 0 N–H and O–H groups in total. The van der Waals surface area contributed by atoms with Gasteiger partial charge in [0.15, 0.2) is 0 Å².